The standard InChI is InChI=1S/C20H18N2O5/c1-13-4-3-5-16(10-13)26-12-17-7-9-19(27-17)20(23)21-18-8-6-15(22(24)25)11-14(18)2/h3-11H,12H2,1-2H3,(H,21,23). The Labute approximate surface area is 155 Å². The number of rotatable bonds is 6. The van der Waals surface area contributed by atoms with Crippen LogP contribution in [0.2, 0.25) is 0 Å². The van der Waals surface area contributed by atoms with E-state index in [2.05, 4.69) is 5.32 Å². The Hall–Kier alpha value is -3.61. The van der Waals surface area contributed by atoms with Crippen molar-refractivity contribution in [1.29, 1.82) is 0 Å². The molecule has 0 saturated heterocycles. The molecule has 0 bridgehead atoms. The normalized spacial score (nSPS) is 10.4. The second-order valence-electron chi connectivity index (χ2n) is 6.08. The average Bonchev–Trinajstić information content (AvgIpc) is 3.11. The molecule has 0 saturated carbocycles. The van der Waals surface area contributed by atoms with Crippen molar-refractivity contribution < 1.29 is 18.9 Å². The van der Waals surface area contributed by atoms with Crippen LogP contribution in [0.4, 0.5) is 11.4 Å². The SMILES string of the molecule is Cc1cccc(OCc2ccc(C(=O)Nc3ccc([N+](=O)[O-])cc3C)o2)c1. The van der Waals surface area contributed by atoms with Crippen LogP contribution in [0.25, 0.3) is 0 Å². The van der Waals surface area contributed by atoms with Gasteiger partial charge < -0.3 is 14.5 Å². The van der Waals surface area contributed by atoms with Crippen molar-refractivity contribution in [1.82, 2.24) is 0 Å². The van der Waals surface area contributed by atoms with Crippen molar-refractivity contribution in [2.45, 2.75) is 20.5 Å². The lowest BCUT2D eigenvalue weighted by Gasteiger charge is -2.07. The van der Waals surface area contributed by atoms with Crippen LogP contribution in [-0.2, 0) is 6.61 Å². The van der Waals surface area contributed by atoms with E-state index in [0.29, 0.717) is 17.0 Å². The number of nitro benzene ring substituents is 1. The van der Waals surface area contributed by atoms with E-state index in [1.807, 2.05) is 31.2 Å². The van der Waals surface area contributed by atoms with Crippen LogP contribution < -0.4 is 10.1 Å². The van der Waals surface area contributed by atoms with Crippen molar-refractivity contribution in [3.8, 4) is 5.75 Å². The number of furan rings is 1. The molecule has 0 radical (unpaired) electrons. The number of amides is 1. The summed E-state index contributed by atoms with van der Waals surface area (Å²) in [6, 6.07) is 15.1. The van der Waals surface area contributed by atoms with E-state index in [0.717, 1.165) is 11.3 Å². The first-order valence-electron chi connectivity index (χ1n) is 8.27. The molecule has 7 nitrogen and oxygen atoms in total. The molecule has 27 heavy (non-hydrogen) atoms. The fourth-order valence-corrected chi connectivity index (χ4v) is 2.52. The molecular weight excluding hydrogens is 348 g/mol. The molecule has 138 valence electrons. The van der Waals surface area contributed by atoms with Gasteiger partial charge in [-0.3, -0.25) is 14.9 Å². The highest BCUT2D eigenvalue weighted by atomic mass is 16.6. The van der Waals surface area contributed by atoms with E-state index >= 15 is 0 Å². The molecule has 0 aliphatic carbocycles. The molecule has 3 rings (SSSR count). The number of ether oxygens (including phenoxy) is 1. The Balaban J connectivity index is 1.64. The number of hydrogen-bond donors (Lipinski definition) is 1. The number of nitro groups is 1. The zero-order valence-electron chi connectivity index (χ0n) is 14.9. The molecule has 0 aliphatic rings. The molecule has 0 unspecified atom stereocenters. The summed E-state index contributed by atoms with van der Waals surface area (Å²) < 4.78 is 11.2. The van der Waals surface area contributed by atoms with Gasteiger partial charge in [-0.25, -0.2) is 0 Å². The predicted octanol–water partition coefficient (Wildman–Crippen LogP) is 4.64. The number of carbonyl (C=O) groups excluding carboxylic acids is 1. The molecule has 1 N–H and O–H groups in total. The number of benzene rings is 2. The largest absolute Gasteiger partial charge is 0.486 e. The molecule has 1 heterocycles. The minimum atomic E-state index is -0.481. The van der Waals surface area contributed by atoms with E-state index in [-0.39, 0.29) is 18.1 Å². The first-order chi connectivity index (χ1) is 12.9. The van der Waals surface area contributed by atoms with Gasteiger partial charge in [-0.2, -0.15) is 0 Å². The maximum absolute atomic E-state index is 12.3. The number of aryl methyl sites for hydroxylation is 2. The van der Waals surface area contributed by atoms with Crippen LogP contribution in [0.15, 0.2) is 59.0 Å². The monoisotopic (exact) mass is 366 g/mol. The lowest BCUT2D eigenvalue weighted by Crippen LogP contribution is -2.12. The summed E-state index contributed by atoms with van der Waals surface area (Å²) in [6.07, 6.45) is 0. The van der Waals surface area contributed by atoms with Crippen LogP contribution in [-0.4, -0.2) is 10.8 Å². The number of non-ortho nitro benzene ring substituents is 1. The van der Waals surface area contributed by atoms with Crippen molar-refractivity contribution in [2.75, 3.05) is 5.32 Å². The molecule has 3 aromatic rings. The van der Waals surface area contributed by atoms with Gasteiger partial charge in [0, 0.05) is 17.8 Å². The predicted molar refractivity (Wildman–Crippen MR) is 100 cm³/mol. The highest BCUT2D eigenvalue weighted by molar-refractivity contribution is 6.02. The Kier molecular flexibility index (Phi) is 5.21. The summed E-state index contributed by atoms with van der Waals surface area (Å²) >= 11 is 0. The fourth-order valence-electron chi connectivity index (χ4n) is 2.52. The van der Waals surface area contributed by atoms with Gasteiger partial charge in [-0.1, -0.05) is 12.1 Å². The quantitative estimate of drug-likeness (QED) is 0.507. The maximum atomic E-state index is 12.3. The molecule has 0 spiro atoms. The van der Waals surface area contributed by atoms with Gasteiger partial charge in [0.25, 0.3) is 11.6 Å². The molecule has 0 aliphatic heterocycles. The first-order valence-corrected chi connectivity index (χ1v) is 8.27. The van der Waals surface area contributed by atoms with E-state index in [4.69, 9.17) is 9.15 Å². The summed E-state index contributed by atoms with van der Waals surface area (Å²) in [5.74, 6) is 0.935. The van der Waals surface area contributed by atoms with Gasteiger partial charge in [0.15, 0.2) is 5.76 Å². The third kappa shape index (κ3) is 4.52. The number of carbonyl (C=O) groups is 1. The lowest BCUT2D eigenvalue weighted by molar-refractivity contribution is -0.384. The molecule has 2 aromatic carbocycles. The molecule has 7 heteroatoms. The van der Waals surface area contributed by atoms with Crippen molar-refractivity contribution in [3.05, 3.63) is 87.4 Å². The fraction of sp³-hybridized carbons (Fsp3) is 0.150. The minimum absolute atomic E-state index is 0.0286. The summed E-state index contributed by atoms with van der Waals surface area (Å²) in [6.45, 7) is 3.86. The van der Waals surface area contributed by atoms with Gasteiger partial charge in [-0.05, 0) is 55.3 Å². The Morgan fingerprint density at radius 3 is 2.67 bits per heavy atom. The van der Waals surface area contributed by atoms with Crippen LogP contribution >= 0.6 is 0 Å². The summed E-state index contributed by atoms with van der Waals surface area (Å²) in [5, 5.41) is 13.5. The summed E-state index contributed by atoms with van der Waals surface area (Å²) in [7, 11) is 0. The van der Waals surface area contributed by atoms with E-state index in [1.165, 1.54) is 18.2 Å². The zero-order chi connectivity index (χ0) is 19.4. The van der Waals surface area contributed by atoms with Crippen LogP contribution in [0.1, 0.15) is 27.4 Å². The van der Waals surface area contributed by atoms with Gasteiger partial charge in [0.2, 0.25) is 0 Å². The first kappa shape index (κ1) is 18.2. The van der Waals surface area contributed by atoms with E-state index in [9.17, 15) is 14.9 Å². The highest BCUT2D eigenvalue weighted by Crippen LogP contribution is 2.22. The van der Waals surface area contributed by atoms with Crippen molar-refractivity contribution in [3.63, 3.8) is 0 Å². The maximum Gasteiger partial charge on any atom is 0.291 e. The summed E-state index contributed by atoms with van der Waals surface area (Å²) in [5.41, 5.74) is 2.14. The van der Waals surface area contributed by atoms with Crippen molar-refractivity contribution in [2.24, 2.45) is 0 Å². The number of hydrogen-bond acceptors (Lipinski definition) is 5. The lowest BCUT2D eigenvalue weighted by atomic mass is 10.2. The molecule has 0 fully saturated rings. The molecule has 1 amide bonds. The number of anilines is 1. The van der Waals surface area contributed by atoms with Gasteiger partial charge in [0.05, 0.1) is 4.92 Å². The average molecular weight is 366 g/mol. The Morgan fingerprint density at radius 1 is 1.15 bits per heavy atom. The van der Waals surface area contributed by atoms with Crippen LogP contribution in [0, 0.1) is 24.0 Å². The topological polar surface area (TPSA) is 94.6 Å². The molecule has 1 aromatic heterocycles. The molecular formula is C20H18N2O5. The highest BCUT2D eigenvalue weighted by Gasteiger charge is 2.15. The number of nitrogens with zero attached hydrogens (tertiary/aromatic N) is 1. The van der Waals surface area contributed by atoms with E-state index < -0.39 is 10.8 Å². The third-order valence-corrected chi connectivity index (χ3v) is 3.93. The Bertz CT molecular complexity index is 994. The number of nitrogens with one attached hydrogen (secondary N) is 1. The minimum Gasteiger partial charge on any atom is -0.486 e. The third-order valence-electron chi connectivity index (χ3n) is 3.93. The second-order valence-corrected chi connectivity index (χ2v) is 6.08. The van der Waals surface area contributed by atoms with Gasteiger partial charge in [-0.15, -0.1) is 0 Å². The van der Waals surface area contributed by atoms with Crippen molar-refractivity contribution >= 4 is 17.3 Å². The second kappa shape index (κ2) is 7.74. The summed E-state index contributed by atoms with van der Waals surface area (Å²) in [4.78, 5) is 22.6. The van der Waals surface area contributed by atoms with E-state index in [1.54, 1.807) is 19.1 Å². The smallest absolute Gasteiger partial charge is 0.291 e. The Morgan fingerprint density at radius 2 is 1.96 bits per heavy atom. The van der Waals surface area contributed by atoms with Gasteiger partial charge in [0.1, 0.15) is 18.1 Å². The molecule has 0 atom stereocenters. The van der Waals surface area contributed by atoms with Crippen LogP contribution in [0.5, 0.6) is 5.75 Å². The van der Waals surface area contributed by atoms with Crippen LogP contribution in [0.3, 0.4) is 0 Å². The zero-order valence-corrected chi connectivity index (χ0v) is 14.9. The van der Waals surface area contributed by atoms with Gasteiger partial charge >= 0.3 is 0 Å².